The van der Waals surface area contributed by atoms with Crippen molar-refractivity contribution in [1.29, 1.82) is 0 Å². The summed E-state index contributed by atoms with van der Waals surface area (Å²) >= 11 is 0. The average Bonchev–Trinajstić information content (AvgIpc) is 2.15. The van der Waals surface area contributed by atoms with Crippen molar-refractivity contribution in [3.63, 3.8) is 0 Å². The molecule has 0 atom stereocenters. The summed E-state index contributed by atoms with van der Waals surface area (Å²) in [6, 6.07) is 0.616. The Hall–Kier alpha value is -1.70. The number of nitrogens with zero attached hydrogens (tertiary/aromatic N) is 2. The highest BCUT2D eigenvalue weighted by Gasteiger charge is 2.26. The zero-order valence-electron chi connectivity index (χ0n) is 7.15. The third kappa shape index (κ3) is 2.21. The molecule has 0 spiro atoms. The highest BCUT2D eigenvalue weighted by molar-refractivity contribution is 5.34. The summed E-state index contributed by atoms with van der Waals surface area (Å²) in [6.07, 6.45) is -3.18. The molecule has 15 heavy (non-hydrogen) atoms. The fraction of sp³-hybridized carbons (Fsp3) is 0.286. The highest BCUT2D eigenvalue weighted by atomic mass is 19.3. The van der Waals surface area contributed by atoms with Crippen LogP contribution >= 0.6 is 0 Å². The van der Waals surface area contributed by atoms with Crippen molar-refractivity contribution >= 4 is 5.82 Å². The Bertz CT molecular complexity index is 397. The topological polar surface area (TPSA) is 76.3 Å². The average molecular weight is 222 g/mol. The van der Waals surface area contributed by atoms with Crippen molar-refractivity contribution in [2.75, 3.05) is 0 Å². The van der Waals surface area contributed by atoms with Crippen LogP contribution < -0.4 is 0 Å². The van der Waals surface area contributed by atoms with Gasteiger partial charge in [0.15, 0.2) is 0 Å². The molecule has 82 valence electrons. The van der Waals surface area contributed by atoms with Crippen molar-refractivity contribution in [3.8, 4) is 0 Å². The second-order valence-corrected chi connectivity index (χ2v) is 2.56. The van der Waals surface area contributed by atoms with E-state index >= 15 is 0 Å². The molecule has 1 heterocycles. The van der Waals surface area contributed by atoms with Gasteiger partial charge in [-0.25, -0.2) is 8.78 Å². The Labute approximate surface area is 81.3 Å². The van der Waals surface area contributed by atoms with E-state index in [1.165, 1.54) is 0 Å². The molecule has 1 rings (SSSR count). The lowest BCUT2D eigenvalue weighted by Gasteiger charge is -2.04. The lowest BCUT2D eigenvalue weighted by molar-refractivity contribution is -0.390. The smallest absolute Gasteiger partial charge is 0.367 e. The second kappa shape index (κ2) is 4.22. The molecule has 0 radical (unpaired) electrons. The van der Waals surface area contributed by atoms with Crippen molar-refractivity contribution in [1.82, 2.24) is 4.98 Å². The fourth-order valence-electron chi connectivity index (χ4n) is 1.01. The second-order valence-electron chi connectivity index (χ2n) is 2.56. The molecular weight excluding hydrogens is 217 g/mol. The molecule has 0 amide bonds. The Balaban J connectivity index is 3.37. The maximum absolute atomic E-state index is 12.9. The molecule has 0 saturated carbocycles. The van der Waals surface area contributed by atoms with Crippen LogP contribution in [0, 0.1) is 16.1 Å². The van der Waals surface area contributed by atoms with E-state index in [9.17, 15) is 23.3 Å². The number of halogens is 3. The van der Waals surface area contributed by atoms with E-state index < -0.39 is 40.8 Å². The van der Waals surface area contributed by atoms with Gasteiger partial charge in [0.1, 0.15) is 5.56 Å². The first-order valence-corrected chi connectivity index (χ1v) is 3.70. The quantitative estimate of drug-likeness (QED) is 0.478. The van der Waals surface area contributed by atoms with Crippen LogP contribution in [0.3, 0.4) is 0 Å². The van der Waals surface area contributed by atoms with E-state index in [1.807, 2.05) is 0 Å². The lowest BCUT2D eigenvalue weighted by atomic mass is 10.1. The minimum absolute atomic E-state index is 0.538. The maximum Gasteiger partial charge on any atom is 0.367 e. The molecule has 0 aromatic carbocycles. The maximum atomic E-state index is 12.9. The standard InChI is InChI=1S/C7H5F3N2O3/c8-6(9)5-3(2-13)1-4(12(14)15)11-7(5)10/h1,6,13H,2H2. The summed E-state index contributed by atoms with van der Waals surface area (Å²) in [4.78, 5) is 11.9. The van der Waals surface area contributed by atoms with Gasteiger partial charge in [0, 0.05) is 11.6 Å². The van der Waals surface area contributed by atoms with Crippen molar-refractivity contribution in [2.45, 2.75) is 13.0 Å². The minimum Gasteiger partial charge on any atom is -0.392 e. The number of aliphatic hydroxyl groups excluding tert-OH is 1. The number of rotatable bonds is 3. The van der Waals surface area contributed by atoms with Gasteiger partial charge in [-0.3, -0.25) is 0 Å². The SMILES string of the molecule is O=[N+]([O-])c1cc(CO)c(C(F)F)c(F)n1. The van der Waals surface area contributed by atoms with E-state index in [0.717, 1.165) is 0 Å². The van der Waals surface area contributed by atoms with Crippen LogP contribution in [0.15, 0.2) is 6.07 Å². The van der Waals surface area contributed by atoms with Crippen LogP contribution in [0.4, 0.5) is 19.0 Å². The normalized spacial score (nSPS) is 10.7. The first-order chi connectivity index (χ1) is 6.97. The highest BCUT2D eigenvalue weighted by Crippen LogP contribution is 2.27. The molecule has 1 aromatic heterocycles. The van der Waals surface area contributed by atoms with E-state index in [1.54, 1.807) is 0 Å². The summed E-state index contributed by atoms with van der Waals surface area (Å²) in [5.74, 6) is -2.55. The van der Waals surface area contributed by atoms with Gasteiger partial charge in [0.25, 0.3) is 6.43 Å². The van der Waals surface area contributed by atoms with Crippen LogP contribution in [0.25, 0.3) is 0 Å². The van der Waals surface area contributed by atoms with Crippen molar-refractivity contribution in [2.24, 2.45) is 0 Å². The monoisotopic (exact) mass is 222 g/mol. The van der Waals surface area contributed by atoms with Crippen LogP contribution in [0.5, 0.6) is 0 Å². The zero-order valence-corrected chi connectivity index (χ0v) is 7.15. The van der Waals surface area contributed by atoms with Gasteiger partial charge in [-0.05, 0) is 9.91 Å². The molecule has 0 saturated heterocycles. The van der Waals surface area contributed by atoms with Gasteiger partial charge in [0.2, 0.25) is 0 Å². The van der Waals surface area contributed by atoms with Crippen LogP contribution in [-0.4, -0.2) is 15.0 Å². The molecular formula is C7H5F3N2O3. The van der Waals surface area contributed by atoms with Crippen LogP contribution in [-0.2, 0) is 6.61 Å². The molecule has 8 heteroatoms. The van der Waals surface area contributed by atoms with E-state index in [0.29, 0.717) is 6.07 Å². The van der Waals surface area contributed by atoms with Crippen LogP contribution in [0.1, 0.15) is 17.6 Å². The first-order valence-electron chi connectivity index (χ1n) is 3.70. The van der Waals surface area contributed by atoms with E-state index in [4.69, 9.17) is 5.11 Å². The number of pyridine rings is 1. The summed E-state index contributed by atoms with van der Waals surface area (Å²) in [7, 11) is 0. The molecule has 0 bridgehead atoms. The molecule has 0 aliphatic rings. The van der Waals surface area contributed by atoms with Crippen molar-refractivity contribution in [3.05, 3.63) is 33.3 Å². The van der Waals surface area contributed by atoms with Gasteiger partial charge in [-0.2, -0.15) is 4.39 Å². The number of hydrogen-bond donors (Lipinski definition) is 1. The predicted octanol–water partition coefficient (Wildman–Crippen LogP) is 1.56. The largest absolute Gasteiger partial charge is 0.392 e. The number of hydrogen-bond acceptors (Lipinski definition) is 4. The van der Waals surface area contributed by atoms with Gasteiger partial charge < -0.3 is 15.2 Å². The summed E-state index contributed by atoms with van der Waals surface area (Å²) in [6.45, 7) is -0.917. The molecule has 0 unspecified atom stereocenters. The fourth-order valence-corrected chi connectivity index (χ4v) is 1.01. The number of aromatic nitrogens is 1. The molecule has 1 N–H and O–H groups in total. The molecule has 0 aliphatic carbocycles. The summed E-state index contributed by atoms with van der Waals surface area (Å²) < 4.78 is 37.4. The minimum atomic E-state index is -3.18. The van der Waals surface area contributed by atoms with Gasteiger partial charge in [0.05, 0.1) is 6.61 Å². The predicted molar refractivity (Wildman–Crippen MR) is 41.7 cm³/mol. The van der Waals surface area contributed by atoms with Gasteiger partial charge in [-0.15, -0.1) is 0 Å². The third-order valence-electron chi connectivity index (χ3n) is 1.66. The number of aliphatic hydroxyl groups is 1. The Morgan fingerprint density at radius 1 is 1.60 bits per heavy atom. The Morgan fingerprint density at radius 3 is 2.60 bits per heavy atom. The number of nitro groups is 1. The lowest BCUT2D eigenvalue weighted by Crippen LogP contribution is -2.05. The molecule has 5 nitrogen and oxygen atoms in total. The molecule has 0 aliphatic heterocycles. The van der Waals surface area contributed by atoms with E-state index in [-0.39, 0.29) is 0 Å². The van der Waals surface area contributed by atoms with E-state index in [2.05, 4.69) is 4.98 Å². The summed E-state index contributed by atoms with van der Waals surface area (Å²) in [5.41, 5.74) is -1.65. The third-order valence-corrected chi connectivity index (χ3v) is 1.66. The molecule has 0 fully saturated rings. The Kier molecular flexibility index (Phi) is 3.20. The number of alkyl halides is 2. The molecule has 1 aromatic rings. The van der Waals surface area contributed by atoms with Gasteiger partial charge in [-0.1, -0.05) is 0 Å². The zero-order chi connectivity index (χ0) is 11.6. The Morgan fingerprint density at radius 2 is 2.20 bits per heavy atom. The summed E-state index contributed by atoms with van der Waals surface area (Å²) in [5, 5.41) is 18.9. The van der Waals surface area contributed by atoms with Crippen LogP contribution in [0.2, 0.25) is 0 Å². The first kappa shape index (κ1) is 11.4. The van der Waals surface area contributed by atoms with Gasteiger partial charge >= 0.3 is 11.8 Å². The van der Waals surface area contributed by atoms with Crippen molar-refractivity contribution < 1.29 is 23.2 Å².